The number of fused-ring (bicyclic) bond motifs is 3. The highest BCUT2D eigenvalue weighted by Crippen LogP contribution is 2.58. The number of phosphoric ester groups is 6. The number of aliphatic hydroxyl groups excluding tert-OH is 4. The molecule has 2 aromatic rings. The van der Waals surface area contributed by atoms with Crippen LogP contribution in [0.2, 0.25) is 0 Å². The van der Waals surface area contributed by atoms with Crippen LogP contribution in [-0.2, 0) is 133 Å². The third kappa shape index (κ3) is 34.3. The van der Waals surface area contributed by atoms with Gasteiger partial charge in [0.05, 0.1) is 109 Å². The van der Waals surface area contributed by atoms with Gasteiger partial charge in [0.1, 0.15) is 104 Å². The topological polar surface area (TPSA) is 520 Å². The van der Waals surface area contributed by atoms with Crippen LogP contribution < -0.4 is 11.1 Å². The molecule has 2 aromatic carbocycles. The highest BCUT2D eigenvalue weighted by molar-refractivity contribution is 7.49. The van der Waals surface area contributed by atoms with E-state index in [0.29, 0.717) is 45.2 Å². The summed E-state index contributed by atoms with van der Waals surface area (Å²) >= 11 is 0. The number of nitrogens with one attached hydrogen (secondary N) is 1. The fourth-order valence-electron chi connectivity index (χ4n) is 13.7. The van der Waals surface area contributed by atoms with E-state index >= 15 is 0 Å². The van der Waals surface area contributed by atoms with Crippen molar-refractivity contribution < 1.29 is 173 Å². The van der Waals surface area contributed by atoms with Crippen LogP contribution >= 0.6 is 46.9 Å². The SMILES string of the molecule is [B][C@H]1C[C@@H](OP(=O)(O)OC[C@H]2O[C@@H]([B])C[C@H]2OP(=O)(O)OC[C@H]2O[C@@H]([B])C[C@H]2OP(=O)(O)OCC(CO)CCCCN)[C@@H](CO)O1.[B][C@H]1C[C@@H](OP(=O)(OCC[N+]#[C-])OC[C@H]2O[C@@H]([B])C[C@H]2OP(=O)(OCC[N+]#[C-])OC[C@H]2O[C@@H]([B])C[C@H]2OP(=O)(OCCO)OCC(CCCCNC(=O)OCC2c3ccccc3-c3ccccc32)COC)[C@@H](CO)O1. The molecule has 0 spiro atoms. The highest BCUT2D eigenvalue weighted by Gasteiger charge is 2.50. The van der Waals surface area contributed by atoms with Gasteiger partial charge in [-0.05, 0) is 93.0 Å². The zero-order valence-corrected chi connectivity index (χ0v) is 72.0. The molecule has 8 unspecified atom stereocenters. The van der Waals surface area contributed by atoms with Gasteiger partial charge in [-0.3, -0.25) is 67.9 Å². The van der Waals surface area contributed by atoms with Crippen molar-refractivity contribution in [3.05, 3.63) is 82.5 Å². The average molecular weight is 1820 g/mol. The Bertz CT molecular complexity index is 3840. The molecule has 0 aromatic heterocycles. The summed E-state index contributed by atoms with van der Waals surface area (Å²) in [7, 11) is 8.80. The number of alkyl carbamates (subject to hydrolysis) is 1. The monoisotopic (exact) mass is 1820 g/mol. The van der Waals surface area contributed by atoms with Crippen molar-refractivity contribution in [1.82, 2.24) is 5.32 Å². The maximum Gasteiger partial charge on any atom is 0.475 e. The summed E-state index contributed by atoms with van der Waals surface area (Å²) in [5, 5.41) is 41.0. The maximum absolute atomic E-state index is 14.3. The predicted molar refractivity (Wildman–Crippen MR) is 429 cm³/mol. The fourth-order valence-corrected chi connectivity index (χ4v) is 20.9. The summed E-state index contributed by atoms with van der Waals surface area (Å²) in [4.78, 5) is 49.9. The number of hydrogen-bond acceptors (Lipinski definition) is 35. The van der Waals surface area contributed by atoms with Crippen LogP contribution in [0.3, 0.4) is 0 Å². The fraction of sp³-hybridized carbons (Fsp3) is 0.779. The Hall–Kier alpha value is -2.74. The van der Waals surface area contributed by atoms with Gasteiger partial charge in [-0.15, -0.1) is 0 Å². The lowest BCUT2D eigenvalue weighted by molar-refractivity contribution is -0.0390. The zero-order valence-electron chi connectivity index (χ0n) is 66.7. The summed E-state index contributed by atoms with van der Waals surface area (Å²) in [6.45, 7) is 9.12. The normalized spacial score (nSPS) is 30.5. The largest absolute Gasteiger partial charge is 0.475 e. The number of phosphoric acid groups is 6. The molecule has 6 aliphatic heterocycles. The lowest BCUT2D eigenvalue weighted by Crippen LogP contribution is -2.32. The molecular formula is C68H104B6N4O37P6. The summed E-state index contributed by atoms with van der Waals surface area (Å²) in [5.41, 5.74) is 9.94. The second-order valence-electron chi connectivity index (χ2n) is 28.8. The van der Waals surface area contributed by atoms with Crippen LogP contribution in [0.15, 0.2) is 48.5 Å². The second kappa shape index (κ2) is 51.0. The molecule has 6 heterocycles. The lowest BCUT2D eigenvalue weighted by atomic mass is 9.96. The molecule has 1 amide bonds. The minimum absolute atomic E-state index is 0.0188. The molecule has 7 aliphatic rings. The number of carbonyl (C=O) groups excluding carboxylic acids is 1. The van der Waals surface area contributed by atoms with Crippen molar-refractivity contribution in [1.29, 1.82) is 0 Å². The molecule has 0 bridgehead atoms. The molecule has 6 saturated heterocycles. The van der Waals surface area contributed by atoms with Gasteiger partial charge in [-0.25, -0.2) is 45.3 Å². The number of hydrogen-bond donors (Lipinski definition) is 9. The van der Waals surface area contributed by atoms with Crippen LogP contribution in [0.5, 0.6) is 0 Å². The molecule has 26 atom stereocenters. The summed E-state index contributed by atoms with van der Waals surface area (Å²) in [6.07, 6.45) is -10.7. The number of nitrogens with two attached hydrogens (primary N) is 1. The van der Waals surface area contributed by atoms with Crippen molar-refractivity contribution in [3.8, 4) is 11.1 Å². The van der Waals surface area contributed by atoms with Crippen LogP contribution in [0, 0.1) is 25.0 Å². The van der Waals surface area contributed by atoms with Crippen LogP contribution in [0.25, 0.3) is 20.8 Å². The van der Waals surface area contributed by atoms with Gasteiger partial charge < -0.3 is 93.7 Å². The number of amides is 1. The van der Waals surface area contributed by atoms with Crippen molar-refractivity contribution in [2.75, 3.05) is 132 Å². The van der Waals surface area contributed by atoms with E-state index in [9.17, 15) is 67.3 Å². The van der Waals surface area contributed by atoms with E-state index in [4.69, 9.17) is 172 Å². The number of aliphatic hydroxyl groups is 4. The van der Waals surface area contributed by atoms with E-state index in [1.807, 2.05) is 36.4 Å². The molecule has 9 rings (SSSR count). The minimum Gasteiger partial charge on any atom is -0.449 e. The van der Waals surface area contributed by atoms with Crippen LogP contribution in [0.1, 0.15) is 94.1 Å². The lowest BCUT2D eigenvalue weighted by Gasteiger charge is -2.28. The Morgan fingerprint density at radius 1 is 0.471 bits per heavy atom. The molecule has 1 aliphatic carbocycles. The number of ether oxygens (including phenoxy) is 8. The van der Waals surface area contributed by atoms with Gasteiger partial charge in [0.15, 0.2) is 0 Å². The standard InChI is InChI=1S/C46H63B3N3O20P3.C22H41B3NO17P3/c1-50-16-19-61-73(56,70-37-22-43(47)67-40(37)25-54)65-29-41-38(23-44(48)68-41)71-74(57,62-20-17-51-2)66-30-42-39(24-45(49)69-42)72-75(58,63-21-18-53)64-27-31(26-59-3)10-8-9-15-52-46(55)60-28-36-34-13-6-4-11-32(34)33-12-5-7-14-35(33)36;23-20-5-14(17(9-28)38-20)41-45(31,32)36-11-19-16(7-22(25)40-19)43-46(33,34)37-12-18-15(6-21(24)39-18)42-44(29,30)35-10-13(8-27)3-1-2-4-26/h4-7,11-14,31,36-45,53-54H,8-10,15-30H2,3H3,(H,52,55);13-22,27-28H,1-12,26H2,(H,29,30)(H,31,32)(H,33,34)/t31?,37-,38-,39-,40-,41-,42-,43-,44-,45-,73?,74?,75?;13?,14-,15-,16-,17-,18-,19-,20-,21-,22-/m11/s1. The smallest absolute Gasteiger partial charge is 0.449 e. The molecule has 10 N–H and O–H groups in total. The van der Waals surface area contributed by atoms with E-state index < -0.39 is 228 Å². The molecule has 12 radical (unpaired) electrons. The predicted octanol–water partition coefficient (Wildman–Crippen LogP) is 4.28. The molecule has 6 fully saturated rings. The van der Waals surface area contributed by atoms with E-state index in [-0.39, 0.29) is 103 Å². The summed E-state index contributed by atoms with van der Waals surface area (Å²) < 4.78 is 206. The molecule has 41 nitrogen and oxygen atoms in total. The van der Waals surface area contributed by atoms with Crippen molar-refractivity contribution in [2.24, 2.45) is 17.6 Å². The van der Waals surface area contributed by atoms with Crippen molar-refractivity contribution in [3.63, 3.8) is 0 Å². The summed E-state index contributed by atoms with van der Waals surface area (Å²) in [6, 6.07) is 10.6. The first kappa shape index (κ1) is 104. The maximum atomic E-state index is 14.3. The Morgan fingerprint density at radius 2 is 0.835 bits per heavy atom. The molecule has 0 saturated carbocycles. The number of unbranched alkanes of at least 4 members (excludes halogenated alkanes) is 2. The van der Waals surface area contributed by atoms with E-state index in [1.165, 1.54) is 7.11 Å². The van der Waals surface area contributed by atoms with Gasteiger partial charge in [-0.1, -0.05) is 61.4 Å². The Labute approximate surface area is 711 Å². The zero-order chi connectivity index (χ0) is 88.0. The first-order chi connectivity index (χ1) is 57.7. The first-order valence-corrected chi connectivity index (χ1v) is 48.1. The van der Waals surface area contributed by atoms with Gasteiger partial charge in [0.2, 0.25) is 13.1 Å². The van der Waals surface area contributed by atoms with E-state index in [1.54, 1.807) is 0 Å². The highest BCUT2D eigenvalue weighted by atomic mass is 31.2. The Morgan fingerprint density at radius 3 is 1.25 bits per heavy atom. The third-order valence-corrected chi connectivity index (χ3v) is 27.0. The number of methoxy groups -OCH3 is 1. The molecular weight excluding hydrogens is 1720 g/mol. The number of benzene rings is 2. The minimum atomic E-state index is -4.89. The second-order valence-corrected chi connectivity index (χ2v) is 37.9. The molecule has 121 heavy (non-hydrogen) atoms. The molecule has 53 heteroatoms. The van der Waals surface area contributed by atoms with Gasteiger partial charge in [0.25, 0.3) is 0 Å². The van der Waals surface area contributed by atoms with Gasteiger partial charge in [-0.2, -0.15) is 0 Å². The van der Waals surface area contributed by atoms with Crippen molar-refractivity contribution in [2.45, 2.75) is 192 Å². The first-order valence-electron chi connectivity index (χ1n) is 39.2. The van der Waals surface area contributed by atoms with E-state index in [2.05, 4.69) is 27.1 Å². The summed E-state index contributed by atoms with van der Waals surface area (Å²) in [5.74, 6) is -0.804. The van der Waals surface area contributed by atoms with Gasteiger partial charge >= 0.3 is 53.0 Å². The Kier molecular flexibility index (Phi) is 43.7. The van der Waals surface area contributed by atoms with E-state index in [0.717, 1.165) is 28.7 Å². The van der Waals surface area contributed by atoms with Crippen molar-refractivity contribution >= 4 is 100 Å². The number of nitrogens with zero attached hydrogens (tertiary/aromatic N) is 2. The van der Waals surface area contributed by atoms with Crippen LogP contribution in [0.4, 0.5) is 4.79 Å². The number of rotatable bonds is 55. The van der Waals surface area contributed by atoms with Crippen LogP contribution in [-0.4, -0.2) is 330 Å². The molecule has 666 valence electrons. The van der Waals surface area contributed by atoms with Gasteiger partial charge in [0, 0.05) is 74.0 Å². The third-order valence-electron chi connectivity index (χ3n) is 19.5. The average Bonchev–Trinajstić information content (AvgIpc) is 1.62. The quantitative estimate of drug-likeness (QED) is 0.0193. The number of carbonyl (C=O) groups is 1. The Balaban J connectivity index is 0.000000338.